The van der Waals surface area contributed by atoms with Crippen molar-refractivity contribution < 1.29 is 18.7 Å². The SMILES string of the molecule is CCc1cccc(CNCC(O)C(Cc2cc(F)cc(F)c2)NC(=O)c2cccs2)c1. The average Bonchev–Trinajstić information content (AvgIpc) is 3.28. The fourth-order valence-electron chi connectivity index (χ4n) is 3.38. The van der Waals surface area contributed by atoms with Gasteiger partial charge in [-0.05, 0) is 53.1 Å². The van der Waals surface area contributed by atoms with Crippen molar-refractivity contribution in [3.8, 4) is 0 Å². The van der Waals surface area contributed by atoms with Crippen molar-refractivity contribution in [2.75, 3.05) is 6.54 Å². The Morgan fingerprint density at radius 3 is 2.45 bits per heavy atom. The van der Waals surface area contributed by atoms with E-state index in [0.717, 1.165) is 18.1 Å². The summed E-state index contributed by atoms with van der Waals surface area (Å²) >= 11 is 1.29. The number of hydrogen-bond acceptors (Lipinski definition) is 4. The number of carbonyl (C=O) groups is 1. The van der Waals surface area contributed by atoms with Crippen molar-refractivity contribution in [3.63, 3.8) is 0 Å². The number of aliphatic hydroxyl groups excluding tert-OH is 1. The minimum atomic E-state index is -0.954. The van der Waals surface area contributed by atoms with Crippen LogP contribution in [0.15, 0.2) is 60.0 Å². The second-order valence-electron chi connectivity index (χ2n) is 7.41. The number of benzene rings is 2. The molecule has 3 rings (SSSR count). The fraction of sp³-hybridized carbons (Fsp3) is 0.292. The van der Waals surface area contributed by atoms with E-state index in [1.807, 2.05) is 12.1 Å². The highest BCUT2D eigenvalue weighted by molar-refractivity contribution is 7.12. The van der Waals surface area contributed by atoms with Crippen LogP contribution in [0.25, 0.3) is 0 Å². The van der Waals surface area contributed by atoms with Crippen LogP contribution in [-0.2, 0) is 19.4 Å². The summed E-state index contributed by atoms with van der Waals surface area (Å²) in [7, 11) is 0. The number of halogens is 2. The van der Waals surface area contributed by atoms with Crippen LogP contribution in [0.2, 0.25) is 0 Å². The number of aryl methyl sites for hydroxylation is 1. The predicted molar refractivity (Wildman–Crippen MR) is 119 cm³/mol. The van der Waals surface area contributed by atoms with Crippen molar-refractivity contribution in [2.45, 2.75) is 38.5 Å². The number of nitrogens with one attached hydrogen (secondary N) is 2. The smallest absolute Gasteiger partial charge is 0.261 e. The first-order valence-corrected chi connectivity index (χ1v) is 11.1. The van der Waals surface area contributed by atoms with E-state index in [-0.39, 0.29) is 18.9 Å². The van der Waals surface area contributed by atoms with E-state index < -0.39 is 23.8 Å². The van der Waals surface area contributed by atoms with Gasteiger partial charge in [0.25, 0.3) is 5.91 Å². The molecule has 1 heterocycles. The molecule has 3 N–H and O–H groups in total. The quantitative estimate of drug-likeness (QED) is 0.442. The van der Waals surface area contributed by atoms with Gasteiger partial charge in [-0.15, -0.1) is 11.3 Å². The molecule has 0 radical (unpaired) electrons. The first-order chi connectivity index (χ1) is 14.9. The van der Waals surface area contributed by atoms with E-state index in [2.05, 4.69) is 29.7 Å². The zero-order chi connectivity index (χ0) is 22.2. The molecular formula is C24H26F2N2O2S. The maximum atomic E-state index is 13.6. The number of hydrogen-bond donors (Lipinski definition) is 3. The molecule has 164 valence electrons. The number of thiophene rings is 1. The van der Waals surface area contributed by atoms with E-state index >= 15 is 0 Å². The molecule has 0 aliphatic rings. The largest absolute Gasteiger partial charge is 0.390 e. The van der Waals surface area contributed by atoms with Gasteiger partial charge < -0.3 is 15.7 Å². The molecular weight excluding hydrogens is 418 g/mol. The van der Waals surface area contributed by atoms with Gasteiger partial charge in [0.2, 0.25) is 0 Å². The highest BCUT2D eigenvalue weighted by Gasteiger charge is 2.23. The number of amides is 1. The molecule has 0 bridgehead atoms. The molecule has 2 unspecified atom stereocenters. The van der Waals surface area contributed by atoms with Crippen LogP contribution >= 0.6 is 11.3 Å². The van der Waals surface area contributed by atoms with Crippen LogP contribution in [-0.4, -0.2) is 29.7 Å². The Balaban J connectivity index is 1.67. The summed E-state index contributed by atoms with van der Waals surface area (Å²) in [6, 6.07) is 14.1. The monoisotopic (exact) mass is 444 g/mol. The van der Waals surface area contributed by atoms with E-state index in [4.69, 9.17) is 0 Å². The maximum Gasteiger partial charge on any atom is 0.261 e. The molecule has 7 heteroatoms. The van der Waals surface area contributed by atoms with Crippen LogP contribution in [0, 0.1) is 11.6 Å². The second-order valence-corrected chi connectivity index (χ2v) is 8.36. The number of rotatable bonds is 10. The Bertz CT molecular complexity index is 975. The summed E-state index contributed by atoms with van der Waals surface area (Å²) < 4.78 is 27.2. The molecule has 2 atom stereocenters. The Hall–Kier alpha value is -2.61. The Morgan fingerprint density at radius 2 is 1.77 bits per heavy atom. The zero-order valence-corrected chi connectivity index (χ0v) is 18.1. The highest BCUT2D eigenvalue weighted by Crippen LogP contribution is 2.14. The molecule has 0 aliphatic carbocycles. The van der Waals surface area contributed by atoms with Gasteiger partial charge >= 0.3 is 0 Å². The second kappa shape index (κ2) is 11.1. The molecule has 1 amide bonds. The number of carbonyl (C=O) groups excluding carboxylic acids is 1. The molecule has 0 saturated carbocycles. The molecule has 1 aromatic heterocycles. The molecule has 3 aromatic rings. The minimum absolute atomic E-state index is 0.0972. The lowest BCUT2D eigenvalue weighted by Gasteiger charge is -2.25. The Morgan fingerprint density at radius 1 is 1.03 bits per heavy atom. The van der Waals surface area contributed by atoms with Crippen molar-refractivity contribution in [2.24, 2.45) is 0 Å². The van der Waals surface area contributed by atoms with Crippen molar-refractivity contribution in [1.29, 1.82) is 0 Å². The summed E-state index contributed by atoms with van der Waals surface area (Å²) in [4.78, 5) is 13.0. The van der Waals surface area contributed by atoms with E-state index in [1.165, 1.54) is 29.0 Å². The molecule has 0 saturated heterocycles. The van der Waals surface area contributed by atoms with Gasteiger partial charge in [-0.1, -0.05) is 37.3 Å². The lowest BCUT2D eigenvalue weighted by Crippen LogP contribution is -2.48. The molecule has 2 aromatic carbocycles. The molecule has 0 spiro atoms. The van der Waals surface area contributed by atoms with Crippen LogP contribution in [0.5, 0.6) is 0 Å². The van der Waals surface area contributed by atoms with Gasteiger partial charge in [-0.2, -0.15) is 0 Å². The average molecular weight is 445 g/mol. The van der Waals surface area contributed by atoms with Gasteiger partial charge in [-0.25, -0.2) is 8.78 Å². The molecule has 0 fully saturated rings. The number of aliphatic hydroxyl groups is 1. The Kier molecular flexibility index (Phi) is 8.28. The van der Waals surface area contributed by atoms with Crippen LogP contribution in [0.4, 0.5) is 8.78 Å². The Labute approximate surface area is 184 Å². The third-order valence-corrected chi connectivity index (χ3v) is 5.85. The molecule has 0 aliphatic heterocycles. The maximum absolute atomic E-state index is 13.6. The van der Waals surface area contributed by atoms with Gasteiger partial charge in [0.1, 0.15) is 11.6 Å². The van der Waals surface area contributed by atoms with Crippen LogP contribution in [0.3, 0.4) is 0 Å². The summed E-state index contributed by atoms with van der Waals surface area (Å²) in [5.74, 6) is -1.71. The fourth-order valence-corrected chi connectivity index (χ4v) is 4.01. The van der Waals surface area contributed by atoms with Gasteiger partial charge in [-0.3, -0.25) is 4.79 Å². The van der Waals surface area contributed by atoms with Gasteiger partial charge in [0.15, 0.2) is 0 Å². The topological polar surface area (TPSA) is 61.4 Å². The third kappa shape index (κ3) is 6.95. The first kappa shape index (κ1) is 23.1. The van der Waals surface area contributed by atoms with E-state index in [1.54, 1.807) is 17.5 Å². The standard InChI is InChI=1S/C24H26F2N2O2S/c1-2-16-5-3-6-17(9-16)14-27-15-22(29)21(28-24(30)23-7-4-8-31-23)12-18-10-19(25)13-20(26)11-18/h3-11,13,21-22,27,29H,2,12,14-15H2,1H3,(H,28,30). The van der Waals surface area contributed by atoms with Gasteiger partial charge in [0.05, 0.1) is 17.0 Å². The van der Waals surface area contributed by atoms with Gasteiger partial charge in [0, 0.05) is 19.2 Å². The lowest BCUT2D eigenvalue weighted by molar-refractivity contribution is 0.0833. The van der Waals surface area contributed by atoms with Crippen molar-refractivity contribution >= 4 is 17.2 Å². The molecule has 31 heavy (non-hydrogen) atoms. The normalized spacial score (nSPS) is 13.0. The third-order valence-electron chi connectivity index (χ3n) is 4.99. The van der Waals surface area contributed by atoms with E-state index in [9.17, 15) is 18.7 Å². The molecule has 4 nitrogen and oxygen atoms in total. The van der Waals surface area contributed by atoms with E-state index in [0.29, 0.717) is 17.0 Å². The summed E-state index contributed by atoms with van der Waals surface area (Å²) in [6.45, 7) is 2.86. The highest BCUT2D eigenvalue weighted by atomic mass is 32.1. The van der Waals surface area contributed by atoms with Crippen molar-refractivity contribution in [1.82, 2.24) is 10.6 Å². The van der Waals surface area contributed by atoms with Crippen LogP contribution < -0.4 is 10.6 Å². The summed E-state index contributed by atoms with van der Waals surface area (Å²) in [5, 5.41) is 18.6. The van der Waals surface area contributed by atoms with Crippen molar-refractivity contribution in [3.05, 3.63) is 93.2 Å². The zero-order valence-electron chi connectivity index (χ0n) is 17.3. The lowest BCUT2D eigenvalue weighted by atomic mass is 10.0. The predicted octanol–water partition coefficient (Wildman–Crippen LogP) is 4.08. The first-order valence-electron chi connectivity index (χ1n) is 10.2. The summed E-state index contributed by atoms with van der Waals surface area (Å²) in [5.41, 5.74) is 2.69. The summed E-state index contributed by atoms with van der Waals surface area (Å²) in [6.07, 6.45) is 0.0851. The van der Waals surface area contributed by atoms with Crippen LogP contribution in [0.1, 0.15) is 33.3 Å². The minimum Gasteiger partial charge on any atom is -0.390 e.